The number of hydrogen-bond acceptors (Lipinski definition) is 4. The normalized spacial score (nSPS) is 9.67. The van der Waals surface area contributed by atoms with Crippen molar-refractivity contribution in [3.8, 4) is 0 Å². The molecular formula is C24H46O4Sn2+6. The van der Waals surface area contributed by atoms with Gasteiger partial charge in [-0.25, -0.2) is 0 Å². The van der Waals surface area contributed by atoms with Gasteiger partial charge in [-0.1, -0.05) is 117 Å². The van der Waals surface area contributed by atoms with E-state index < -0.39 is 11.9 Å². The van der Waals surface area contributed by atoms with Crippen molar-refractivity contribution >= 4 is 59.8 Å². The summed E-state index contributed by atoms with van der Waals surface area (Å²) in [5.74, 6) is -1.82. The molecule has 30 heavy (non-hydrogen) atoms. The van der Waals surface area contributed by atoms with Crippen LogP contribution in [0.1, 0.15) is 142 Å². The molecule has 0 radical (unpaired) electrons. The van der Waals surface area contributed by atoms with Crippen molar-refractivity contribution in [2.24, 2.45) is 0 Å². The van der Waals surface area contributed by atoms with Gasteiger partial charge < -0.3 is 19.8 Å². The quantitative estimate of drug-likeness (QED) is 0.145. The van der Waals surface area contributed by atoms with Gasteiger partial charge in [0.05, 0.1) is 0 Å². The molecule has 0 saturated carbocycles. The molecule has 0 aliphatic rings. The molecule has 168 valence electrons. The van der Waals surface area contributed by atoms with Crippen molar-refractivity contribution in [1.29, 1.82) is 0 Å². The first kappa shape index (κ1) is 37.8. The molecule has 0 bridgehead atoms. The fourth-order valence-corrected chi connectivity index (χ4v) is 3.16. The maximum atomic E-state index is 10.1. The number of unbranched alkanes of at least 4 members (excludes halogenated alkanes) is 16. The third-order valence-electron chi connectivity index (χ3n) is 4.97. The van der Waals surface area contributed by atoms with Crippen LogP contribution in [0.5, 0.6) is 0 Å². The molecule has 0 fully saturated rings. The predicted molar refractivity (Wildman–Crippen MR) is 125 cm³/mol. The zero-order chi connectivity index (χ0) is 21.3. The Hall–Kier alpha value is 0.537. The molecule has 0 aromatic carbocycles. The molecule has 0 saturated heterocycles. The van der Waals surface area contributed by atoms with E-state index in [9.17, 15) is 19.8 Å². The Morgan fingerprint density at radius 2 is 0.633 bits per heavy atom. The second-order valence-corrected chi connectivity index (χ2v) is 7.90. The van der Waals surface area contributed by atoms with Crippen LogP contribution in [-0.4, -0.2) is 59.8 Å². The second kappa shape index (κ2) is 34.2. The van der Waals surface area contributed by atoms with Gasteiger partial charge in [-0.2, -0.15) is 0 Å². The van der Waals surface area contributed by atoms with Crippen molar-refractivity contribution < 1.29 is 19.8 Å². The minimum absolute atomic E-state index is 0. The van der Waals surface area contributed by atoms with Crippen LogP contribution in [0.3, 0.4) is 0 Å². The number of carbonyl (C=O) groups excluding carboxylic acids is 2. The first-order chi connectivity index (χ1) is 13.5. The summed E-state index contributed by atoms with van der Waals surface area (Å²) >= 11 is 0. The minimum Gasteiger partial charge on any atom is -0.550 e. The molecule has 4 nitrogen and oxygen atoms in total. The minimum atomic E-state index is -0.909. The molecular weight excluding hydrogens is 590 g/mol. The molecule has 6 heteroatoms. The average molecular weight is 636 g/mol. The Labute approximate surface area is 220 Å². The predicted octanol–water partition coefficient (Wildman–Crippen LogP) is 4.55. The Kier molecular flexibility index (Phi) is 43.1. The van der Waals surface area contributed by atoms with Crippen molar-refractivity contribution in [3.05, 3.63) is 0 Å². The van der Waals surface area contributed by atoms with Crippen molar-refractivity contribution in [1.82, 2.24) is 0 Å². The van der Waals surface area contributed by atoms with Gasteiger partial charge in [-0.3, -0.25) is 0 Å². The van der Waals surface area contributed by atoms with Crippen molar-refractivity contribution in [2.45, 2.75) is 142 Å². The van der Waals surface area contributed by atoms with E-state index in [-0.39, 0.29) is 60.7 Å². The summed E-state index contributed by atoms with van der Waals surface area (Å²) in [5, 5.41) is 20.2. The molecule has 0 heterocycles. The Morgan fingerprint density at radius 3 is 0.833 bits per heavy atom. The molecule has 0 rings (SSSR count). The van der Waals surface area contributed by atoms with Crippen LogP contribution >= 0.6 is 0 Å². The van der Waals surface area contributed by atoms with Crippen LogP contribution in [0.2, 0.25) is 0 Å². The third-order valence-corrected chi connectivity index (χ3v) is 4.97. The molecule has 0 aliphatic heterocycles. The summed E-state index contributed by atoms with van der Waals surface area (Å²) in [6, 6.07) is 0. The third kappa shape index (κ3) is 42.6. The Bertz CT molecular complexity index is 307. The van der Waals surface area contributed by atoms with Crippen LogP contribution in [0.15, 0.2) is 0 Å². The summed E-state index contributed by atoms with van der Waals surface area (Å²) in [6.07, 6.45) is 22.3. The van der Waals surface area contributed by atoms with E-state index >= 15 is 0 Å². The van der Waals surface area contributed by atoms with E-state index in [2.05, 4.69) is 13.8 Å². The molecule has 0 amide bonds. The second-order valence-electron chi connectivity index (χ2n) is 7.90. The van der Waals surface area contributed by atoms with Gasteiger partial charge in [0.1, 0.15) is 0 Å². The van der Waals surface area contributed by atoms with Gasteiger partial charge >= 0.3 is 47.8 Å². The van der Waals surface area contributed by atoms with Gasteiger partial charge in [-0.15, -0.1) is 0 Å². The molecule has 0 unspecified atom stereocenters. The maximum absolute atomic E-state index is 10.1. The standard InChI is InChI=1S/2C12H24O2.2Sn/c2*1-2-3-4-5-6-7-8-9-10-11-12(13)14;;/h2*2-11H2,1H3,(H,13,14);;/q;;2*+4/p-2. The molecule has 0 N–H and O–H groups in total. The zero-order valence-electron chi connectivity index (χ0n) is 19.8. The van der Waals surface area contributed by atoms with Crippen molar-refractivity contribution in [2.75, 3.05) is 0 Å². The smallest absolute Gasteiger partial charge is 0.550 e. The van der Waals surface area contributed by atoms with Gasteiger partial charge in [0.15, 0.2) is 0 Å². The van der Waals surface area contributed by atoms with Crippen LogP contribution in [0.25, 0.3) is 0 Å². The number of carboxylic acid groups (broad SMARTS) is 2. The van der Waals surface area contributed by atoms with Crippen LogP contribution < -0.4 is 10.2 Å². The van der Waals surface area contributed by atoms with E-state index in [1.165, 1.54) is 89.9 Å². The van der Waals surface area contributed by atoms with Crippen LogP contribution in [0, 0.1) is 0 Å². The first-order valence-electron chi connectivity index (χ1n) is 11.9. The topological polar surface area (TPSA) is 80.3 Å². The Morgan fingerprint density at radius 1 is 0.433 bits per heavy atom. The van der Waals surface area contributed by atoms with Gasteiger partial charge in [0, 0.05) is 11.9 Å². The van der Waals surface area contributed by atoms with E-state index in [0.717, 1.165) is 25.7 Å². The number of carboxylic acids is 2. The van der Waals surface area contributed by atoms with E-state index in [0.29, 0.717) is 0 Å². The van der Waals surface area contributed by atoms with Gasteiger partial charge in [0.2, 0.25) is 0 Å². The van der Waals surface area contributed by atoms with Gasteiger partial charge in [0.25, 0.3) is 0 Å². The fraction of sp³-hybridized carbons (Fsp3) is 0.917. The van der Waals surface area contributed by atoms with E-state index in [1.54, 1.807) is 0 Å². The summed E-state index contributed by atoms with van der Waals surface area (Å²) in [6.45, 7) is 4.44. The summed E-state index contributed by atoms with van der Waals surface area (Å²) in [7, 11) is 0. The molecule has 0 aliphatic carbocycles. The number of hydrogen-bond donors (Lipinski definition) is 0. The van der Waals surface area contributed by atoms with Crippen LogP contribution in [0.4, 0.5) is 0 Å². The van der Waals surface area contributed by atoms with E-state index in [1.807, 2.05) is 0 Å². The average Bonchev–Trinajstić information content (AvgIpc) is 2.65. The number of rotatable bonds is 20. The number of aliphatic carboxylic acids is 2. The van der Waals surface area contributed by atoms with Gasteiger partial charge in [-0.05, 0) is 25.7 Å². The number of carbonyl (C=O) groups is 2. The summed E-state index contributed by atoms with van der Waals surface area (Å²) in [4.78, 5) is 20.2. The molecule has 0 aromatic heterocycles. The summed E-state index contributed by atoms with van der Waals surface area (Å²) < 4.78 is 0. The first-order valence-corrected chi connectivity index (χ1v) is 11.9. The Balaban J connectivity index is -0.000000211. The fourth-order valence-electron chi connectivity index (χ4n) is 3.16. The zero-order valence-corrected chi connectivity index (χ0v) is 25.5. The van der Waals surface area contributed by atoms with E-state index in [4.69, 9.17) is 0 Å². The molecule has 0 spiro atoms. The SMILES string of the molecule is CCCCCCCCCCCC(=O)[O-].CCCCCCCCCCCC(=O)[O-].[Sn+4].[Sn+4]. The van der Waals surface area contributed by atoms with Crippen molar-refractivity contribution in [3.63, 3.8) is 0 Å². The monoisotopic (exact) mass is 638 g/mol. The van der Waals surface area contributed by atoms with Crippen LogP contribution in [-0.2, 0) is 9.59 Å². The maximum Gasteiger partial charge on any atom is 4.00 e. The molecule has 0 aromatic rings. The largest absolute Gasteiger partial charge is 4.00 e. The molecule has 0 atom stereocenters. The summed E-state index contributed by atoms with van der Waals surface area (Å²) in [5.41, 5.74) is 0.